The van der Waals surface area contributed by atoms with Gasteiger partial charge in [0.05, 0.1) is 0 Å². The molecule has 0 aromatic heterocycles. The van der Waals surface area contributed by atoms with Crippen LogP contribution in [-0.2, 0) is 0 Å². The molecule has 0 heterocycles. The van der Waals surface area contributed by atoms with E-state index in [0.717, 1.165) is 19.3 Å². The molecule has 1 aliphatic carbocycles. The van der Waals surface area contributed by atoms with Gasteiger partial charge in [-0.1, -0.05) is 73.6 Å². The van der Waals surface area contributed by atoms with Crippen molar-refractivity contribution in [2.24, 2.45) is 0 Å². The SMILES string of the molecule is C/C=C\C(=C/C1=CCC(c2ccc(C)cc2)=CC1)CCC. The summed E-state index contributed by atoms with van der Waals surface area (Å²) in [4.78, 5) is 0. The van der Waals surface area contributed by atoms with E-state index in [0.29, 0.717) is 0 Å². The molecule has 0 bridgehead atoms. The highest BCUT2D eigenvalue weighted by molar-refractivity contribution is 5.69. The number of rotatable bonds is 5. The van der Waals surface area contributed by atoms with Crippen LogP contribution in [0.3, 0.4) is 0 Å². The van der Waals surface area contributed by atoms with E-state index < -0.39 is 0 Å². The molecule has 0 atom stereocenters. The topological polar surface area (TPSA) is 0 Å². The average molecular weight is 278 g/mol. The molecule has 110 valence electrons. The summed E-state index contributed by atoms with van der Waals surface area (Å²) in [5.74, 6) is 0. The quantitative estimate of drug-likeness (QED) is 0.546. The van der Waals surface area contributed by atoms with Crippen molar-refractivity contribution in [2.45, 2.75) is 46.5 Å². The number of benzene rings is 1. The molecule has 0 amide bonds. The molecule has 0 nitrogen and oxygen atoms in total. The van der Waals surface area contributed by atoms with Crippen molar-refractivity contribution in [2.75, 3.05) is 0 Å². The highest BCUT2D eigenvalue weighted by atomic mass is 14.1. The molecule has 1 aromatic rings. The number of aryl methyl sites for hydroxylation is 1. The van der Waals surface area contributed by atoms with Gasteiger partial charge >= 0.3 is 0 Å². The van der Waals surface area contributed by atoms with Crippen molar-refractivity contribution < 1.29 is 0 Å². The Kier molecular flexibility index (Phi) is 5.80. The first-order valence-electron chi connectivity index (χ1n) is 8.01. The fourth-order valence-electron chi connectivity index (χ4n) is 2.71. The van der Waals surface area contributed by atoms with Gasteiger partial charge in [0.1, 0.15) is 0 Å². The minimum atomic E-state index is 1.05. The molecule has 0 saturated heterocycles. The van der Waals surface area contributed by atoms with Gasteiger partial charge in [0.15, 0.2) is 0 Å². The van der Waals surface area contributed by atoms with E-state index in [4.69, 9.17) is 0 Å². The monoisotopic (exact) mass is 278 g/mol. The molecule has 0 fully saturated rings. The first-order chi connectivity index (χ1) is 10.2. The first kappa shape index (κ1) is 15.6. The van der Waals surface area contributed by atoms with Gasteiger partial charge in [-0.25, -0.2) is 0 Å². The van der Waals surface area contributed by atoms with Crippen LogP contribution in [-0.4, -0.2) is 0 Å². The second-order valence-electron chi connectivity index (χ2n) is 5.75. The van der Waals surface area contributed by atoms with Crippen molar-refractivity contribution in [3.63, 3.8) is 0 Å². The second kappa shape index (κ2) is 7.83. The van der Waals surface area contributed by atoms with Crippen molar-refractivity contribution in [1.29, 1.82) is 0 Å². The van der Waals surface area contributed by atoms with Gasteiger partial charge in [0.2, 0.25) is 0 Å². The third-order valence-electron chi connectivity index (χ3n) is 3.88. The van der Waals surface area contributed by atoms with Crippen molar-refractivity contribution in [3.05, 3.63) is 76.9 Å². The van der Waals surface area contributed by atoms with Crippen molar-refractivity contribution in [1.82, 2.24) is 0 Å². The van der Waals surface area contributed by atoms with Crippen molar-refractivity contribution >= 4 is 5.57 Å². The molecule has 0 heteroatoms. The maximum absolute atomic E-state index is 2.38. The molecule has 0 aliphatic heterocycles. The number of allylic oxidation sites excluding steroid dienone is 8. The summed E-state index contributed by atoms with van der Waals surface area (Å²) < 4.78 is 0. The zero-order valence-electron chi connectivity index (χ0n) is 13.5. The van der Waals surface area contributed by atoms with E-state index in [1.807, 2.05) is 0 Å². The van der Waals surface area contributed by atoms with Crippen LogP contribution in [0.2, 0.25) is 0 Å². The van der Waals surface area contributed by atoms with E-state index in [1.54, 1.807) is 0 Å². The van der Waals surface area contributed by atoms with E-state index in [9.17, 15) is 0 Å². The minimum Gasteiger partial charge on any atom is -0.0874 e. The molecular formula is C21H26. The Morgan fingerprint density at radius 1 is 1.10 bits per heavy atom. The van der Waals surface area contributed by atoms with Crippen molar-refractivity contribution in [3.8, 4) is 0 Å². The Morgan fingerprint density at radius 3 is 2.43 bits per heavy atom. The average Bonchev–Trinajstić information content (AvgIpc) is 2.49. The maximum atomic E-state index is 2.38. The summed E-state index contributed by atoms with van der Waals surface area (Å²) in [6.45, 7) is 6.47. The summed E-state index contributed by atoms with van der Waals surface area (Å²) in [5, 5.41) is 0. The molecule has 0 saturated carbocycles. The van der Waals surface area contributed by atoms with Crippen LogP contribution >= 0.6 is 0 Å². The Morgan fingerprint density at radius 2 is 1.86 bits per heavy atom. The predicted octanol–water partition coefficient (Wildman–Crippen LogP) is 6.40. The first-order valence-corrected chi connectivity index (χ1v) is 8.01. The lowest BCUT2D eigenvalue weighted by Crippen LogP contribution is -1.92. The molecule has 0 unspecified atom stereocenters. The maximum Gasteiger partial charge on any atom is -0.00886 e. The van der Waals surface area contributed by atoms with Crippen LogP contribution in [0, 0.1) is 6.92 Å². The summed E-state index contributed by atoms with van der Waals surface area (Å²) in [7, 11) is 0. The van der Waals surface area contributed by atoms with Crippen LogP contribution in [0.15, 0.2) is 65.8 Å². The van der Waals surface area contributed by atoms with E-state index in [1.165, 1.54) is 34.3 Å². The summed E-state index contributed by atoms with van der Waals surface area (Å²) in [5.41, 5.74) is 7.04. The lowest BCUT2D eigenvalue weighted by molar-refractivity contribution is 0.922. The molecule has 0 N–H and O–H groups in total. The Bertz CT molecular complexity index is 577. The summed E-state index contributed by atoms with van der Waals surface area (Å²) in [6.07, 6.45) is 16.0. The fourth-order valence-corrected chi connectivity index (χ4v) is 2.71. The zero-order valence-corrected chi connectivity index (χ0v) is 13.5. The lowest BCUT2D eigenvalue weighted by Gasteiger charge is -2.13. The Hall–Kier alpha value is -1.82. The predicted molar refractivity (Wildman–Crippen MR) is 94.3 cm³/mol. The minimum absolute atomic E-state index is 1.05. The van der Waals surface area contributed by atoms with Crippen LogP contribution in [0.1, 0.15) is 50.7 Å². The molecule has 21 heavy (non-hydrogen) atoms. The Balaban J connectivity index is 2.06. The Labute approximate surface area is 129 Å². The lowest BCUT2D eigenvalue weighted by atomic mass is 9.92. The molecule has 2 rings (SSSR count). The van der Waals surface area contributed by atoms with Gasteiger partial charge < -0.3 is 0 Å². The second-order valence-corrected chi connectivity index (χ2v) is 5.75. The van der Waals surface area contributed by atoms with Gasteiger partial charge in [-0.15, -0.1) is 0 Å². The van der Waals surface area contributed by atoms with E-state index in [2.05, 4.69) is 75.4 Å². The van der Waals surface area contributed by atoms with Gasteiger partial charge in [0.25, 0.3) is 0 Å². The third-order valence-corrected chi connectivity index (χ3v) is 3.88. The number of hydrogen-bond acceptors (Lipinski definition) is 0. The smallest absolute Gasteiger partial charge is 0.00886 e. The fraction of sp³-hybridized carbons (Fsp3) is 0.333. The number of hydrogen-bond donors (Lipinski definition) is 0. The summed E-state index contributed by atoms with van der Waals surface area (Å²) in [6, 6.07) is 8.86. The van der Waals surface area contributed by atoms with Crippen LogP contribution in [0.4, 0.5) is 0 Å². The molecule has 1 aromatic carbocycles. The standard InChI is InChI=1S/C21H26/c1-4-6-18(7-5-2)16-19-10-14-21(15-11-19)20-12-8-17(3)9-13-20/h4,6,8-10,12-13,15-16H,5,7,11,14H2,1-3H3/b6-4-,18-16+. The molecule has 1 aliphatic rings. The third kappa shape index (κ3) is 4.60. The largest absolute Gasteiger partial charge is 0.0874 e. The van der Waals surface area contributed by atoms with Gasteiger partial charge in [0, 0.05) is 0 Å². The molecule has 0 spiro atoms. The van der Waals surface area contributed by atoms with E-state index in [-0.39, 0.29) is 0 Å². The highest BCUT2D eigenvalue weighted by Gasteiger charge is 2.06. The van der Waals surface area contributed by atoms with Gasteiger partial charge in [-0.3, -0.25) is 0 Å². The molecular weight excluding hydrogens is 252 g/mol. The highest BCUT2D eigenvalue weighted by Crippen LogP contribution is 2.27. The zero-order chi connectivity index (χ0) is 15.1. The molecule has 0 radical (unpaired) electrons. The van der Waals surface area contributed by atoms with Crippen LogP contribution < -0.4 is 0 Å². The van der Waals surface area contributed by atoms with Crippen LogP contribution in [0.25, 0.3) is 5.57 Å². The van der Waals surface area contributed by atoms with Gasteiger partial charge in [-0.05, 0) is 55.4 Å². The summed E-state index contributed by atoms with van der Waals surface area (Å²) >= 11 is 0. The van der Waals surface area contributed by atoms with E-state index >= 15 is 0 Å². The van der Waals surface area contributed by atoms with Crippen LogP contribution in [0.5, 0.6) is 0 Å². The normalized spacial score (nSPS) is 16.0. The van der Waals surface area contributed by atoms with Gasteiger partial charge in [-0.2, -0.15) is 0 Å².